The lowest BCUT2D eigenvalue weighted by atomic mass is 9.71. The van der Waals surface area contributed by atoms with Crippen LogP contribution in [0.2, 0.25) is 0 Å². The quantitative estimate of drug-likeness (QED) is 0.622. The van der Waals surface area contributed by atoms with Crippen LogP contribution in [0.4, 0.5) is 0 Å². The molecule has 4 nitrogen and oxygen atoms in total. The van der Waals surface area contributed by atoms with Crippen molar-refractivity contribution in [1.82, 2.24) is 5.32 Å². The number of hydrogen-bond donors (Lipinski definition) is 2. The fourth-order valence-corrected chi connectivity index (χ4v) is 2.52. The summed E-state index contributed by atoms with van der Waals surface area (Å²) in [5.74, 6) is -0.912. The van der Waals surface area contributed by atoms with E-state index in [-0.39, 0.29) is 18.4 Å². The van der Waals surface area contributed by atoms with E-state index in [4.69, 9.17) is 5.11 Å². The second-order valence-corrected chi connectivity index (χ2v) is 4.00. The fraction of sp³-hybridized carbons (Fsp3) is 0.778. The summed E-state index contributed by atoms with van der Waals surface area (Å²) in [4.78, 5) is 22.3. The number of fused-ring (bicyclic) bond motifs is 1. The first-order valence-electron chi connectivity index (χ1n) is 4.68. The molecule has 72 valence electrons. The second kappa shape index (κ2) is 2.72. The van der Waals surface area contributed by atoms with Crippen LogP contribution in [0.3, 0.4) is 0 Å². The number of amides is 1. The molecule has 2 rings (SSSR count). The molecule has 0 spiro atoms. The van der Waals surface area contributed by atoms with Crippen molar-refractivity contribution in [1.29, 1.82) is 0 Å². The van der Waals surface area contributed by atoms with Crippen LogP contribution >= 0.6 is 0 Å². The minimum absolute atomic E-state index is 0.102. The average Bonchev–Trinajstić information content (AvgIpc) is 2.41. The van der Waals surface area contributed by atoms with Crippen molar-refractivity contribution in [3.63, 3.8) is 0 Å². The van der Waals surface area contributed by atoms with Crippen LogP contribution in [0.25, 0.3) is 0 Å². The smallest absolute Gasteiger partial charge is 0.312 e. The number of rotatable bonds is 1. The lowest BCUT2D eigenvalue weighted by Crippen LogP contribution is -2.45. The van der Waals surface area contributed by atoms with Crippen LogP contribution in [0.5, 0.6) is 0 Å². The van der Waals surface area contributed by atoms with E-state index in [1.807, 2.05) is 0 Å². The first-order valence-corrected chi connectivity index (χ1v) is 4.68. The number of hydrogen-bond acceptors (Lipinski definition) is 2. The van der Waals surface area contributed by atoms with Crippen LogP contribution < -0.4 is 5.32 Å². The summed E-state index contributed by atoms with van der Waals surface area (Å²) in [5.41, 5.74) is -0.782. The highest BCUT2D eigenvalue weighted by Gasteiger charge is 2.53. The minimum atomic E-state index is -0.810. The number of carbonyl (C=O) groups excluding carboxylic acids is 1. The van der Waals surface area contributed by atoms with Gasteiger partial charge in [-0.25, -0.2) is 0 Å². The van der Waals surface area contributed by atoms with E-state index in [2.05, 4.69) is 5.32 Å². The summed E-state index contributed by atoms with van der Waals surface area (Å²) in [5, 5.41) is 11.9. The van der Waals surface area contributed by atoms with E-state index in [1.165, 1.54) is 0 Å². The van der Waals surface area contributed by atoms with Crippen molar-refractivity contribution in [3.05, 3.63) is 0 Å². The van der Waals surface area contributed by atoms with Gasteiger partial charge in [-0.1, -0.05) is 12.8 Å². The molecule has 0 aromatic rings. The third-order valence-electron chi connectivity index (χ3n) is 3.27. The Balaban J connectivity index is 2.29. The summed E-state index contributed by atoms with van der Waals surface area (Å²) >= 11 is 0. The summed E-state index contributed by atoms with van der Waals surface area (Å²) in [6.07, 6.45) is 3.59. The Morgan fingerprint density at radius 3 is 2.92 bits per heavy atom. The van der Waals surface area contributed by atoms with Gasteiger partial charge in [0.25, 0.3) is 0 Å². The number of carboxylic acid groups (broad SMARTS) is 1. The van der Waals surface area contributed by atoms with Crippen LogP contribution in [-0.2, 0) is 9.59 Å². The standard InChI is InChI=1S/C9H13NO3/c11-7-5-9(8(12)13)4-2-1-3-6(9)10-7/h6H,1-5H2,(H,10,11)(H,12,13). The maximum atomic E-state index is 11.1. The molecule has 0 bridgehead atoms. The van der Waals surface area contributed by atoms with Gasteiger partial charge in [0, 0.05) is 12.5 Å². The fourth-order valence-electron chi connectivity index (χ4n) is 2.52. The predicted octanol–water partition coefficient (Wildman–Crippen LogP) is 0.520. The first kappa shape index (κ1) is 8.53. The normalized spacial score (nSPS) is 38.2. The Labute approximate surface area is 76.3 Å². The minimum Gasteiger partial charge on any atom is -0.481 e. The van der Waals surface area contributed by atoms with Crippen molar-refractivity contribution < 1.29 is 14.7 Å². The summed E-state index contributed by atoms with van der Waals surface area (Å²) in [6.45, 7) is 0. The van der Waals surface area contributed by atoms with Crippen molar-refractivity contribution in [3.8, 4) is 0 Å². The number of aliphatic carboxylic acids is 1. The van der Waals surface area contributed by atoms with E-state index >= 15 is 0 Å². The Kier molecular flexibility index (Phi) is 1.78. The number of nitrogens with one attached hydrogen (secondary N) is 1. The topological polar surface area (TPSA) is 66.4 Å². The van der Waals surface area contributed by atoms with Crippen molar-refractivity contribution in [2.24, 2.45) is 5.41 Å². The highest BCUT2D eigenvalue weighted by atomic mass is 16.4. The zero-order valence-corrected chi connectivity index (χ0v) is 7.38. The molecule has 2 fully saturated rings. The van der Waals surface area contributed by atoms with Gasteiger partial charge in [0.1, 0.15) is 0 Å². The van der Waals surface area contributed by atoms with Crippen LogP contribution in [-0.4, -0.2) is 23.0 Å². The molecular formula is C9H13NO3. The SMILES string of the molecule is O=C1CC2(C(=O)O)CCCCC2N1. The summed E-state index contributed by atoms with van der Waals surface area (Å²) in [7, 11) is 0. The zero-order valence-electron chi connectivity index (χ0n) is 7.38. The molecular weight excluding hydrogens is 170 g/mol. The average molecular weight is 183 g/mol. The molecule has 2 aliphatic rings. The third kappa shape index (κ3) is 1.12. The van der Waals surface area contributed by atoms with Gasteiger partial charge >= 0.3 is 5.97 Å². The Morgan fingerprint density at radius 2 is 2.31 bits per heavy atom. The highest BCUT2D eigenvalue weighted by molar-refractivity contribution is 5.90. The predicted molar refractivity (Wildman–Crippen MR) is 45.1 cm³/mol. The monoisotopic (exact) mass is 183 g/mol. The largest absolute Gasteiger partial charge is 0.481 e. The van der Waals surface area contributed by atoms with Crippen LogP contribution in [0.1, 0.15) is 32.1 Å². The molecule has 2 N–H and O–H groups in total. The lowest BCUT2D eigenvalue weighted by molar-refractivity contribution is -0.151. The summed E-state index contributed by atoms with van der Waals surface area (Å²) in [6, 6.07) is -0.119. The van der Waals surface area contributed by atoms with Gasteiger partial charge in [0.15, 0.2) is 0 Å². The van der Waals surface area contributed by atoms with Gasteiger partial charge < -0.3 is 10.4 Å². The van der Waals surface area contributed by atoms with Crippen molar-refractivity contribution in [2.45, 2.75) is 38.1 Å². The van der Waals surface area contributed by atoms with Gasteiger partial charge in [-0.3, -0.25) is 9.59 Å². The molecule has 1 aliphatic heterocycles. The van der Waals surface area contributed by atoms with Crippen molar-refractivity contribution >= 4 is 11.9 Å². The molecule has 1 amide bonds. The van der Waals surface area contributed by atoms with E-state index in [0.717, 1.165) is 19.3 Å². The molecule has 2 unspecified atom stereocenters. The molecule has 0 aromatic carbocycles. The van der Waals surface area contributed by atoms with Gasteiger partial charge in [-0.05, 0) is 12.8 Å². The Bertz CT molecular complexity index is 264. The van der Waals surface area contributed by atoms with Gasteiger partial charge in [0.2, 0.25) is 5.91 Å². The molecule has 2 atom stereocenters. The Hall–Kier alpha value is -1.06. The maximum absolute atomic E-state index is 11.1. The summed E-state index contributed by atoms with van der Waals surface area (Å²) < 4.78 is 0. The van der Waals surface area contributed by atoms with Gasteiger partial charge in [-0.2, -0.15) is 0 Å². The maximum Gasteiger partial charge on any atom is 0.312 e. The molecule has 4 heteroatoms. The molecule has 0 aromatic heterocycles. The van der Waals surface area contributed by atoms with E-state index in [1.54, 1.807) is 0 Å². The molecule has 1 aliphatic carbocycles. The molecule has 1 saturated heterocycles. The van der Waals surface area contributed by atoms with Gasteiger partial charge in [0.05, 0.1) is 5.41 Å². The lowest BCUT2D eigenvalue weighted by Gasteiger charge is -2.33. The van der Waals surface area contributed by atoms with E-state index in [0.29, 0.717) is 6.42 Å². The first-order chi connectivity index (χ1) is 6.15. The van der Waals surface area contributed by atoms with Crippen LogP contribution in [0.15, 0.2) is 0 Å². The molecule has 13 heavy (non-hydrogen) atoms. The van der Waals surface area contributed by atoms with Crippen molar-refractivity contribution in [2.75, 3.05) is 0 Å². The molecule has 1 heterocycles. The zero-order chi connectivity index (χ0) is 9.47. The van der Waals surface area contributed by atoms with Crippen LogP contribution in [0, 0.1) is 5.41 Å². The number of carbonyl (C=O) groups is 2. The number of carboxylic acids is 1. The third-order valence-corrected chi connectivity index (χ3v) is 3.27. The Morgan fingerprint density at radius 1 is 1.54 bits per heavy atom. The second-order valence-electron chi connectivity index (χ2n) is 4.00. The van der Waals surface area contributed by atoms with E-state index in [9.17, 15) is 9.59 Å². The van der Waals surface area contributed by atoms with E-state index < -0.39 is 11.4 Å². The molecule has 0 radical (unpaired) electrons. The highest BCUT2D eigenvalue weighted by Crippen LogP contribution is 2.43. The van der Waals surface area contributed by atoms with Gasteiger partial charge in [-0.15, -0.1) is 0 Å². The molecule has 1 saturated carbocycles.